The predicted molar refractivity (Wildman–Crippen MR) is 104 cm³/mol. The topological polar surface area (TPSA) is 21.7 Å². The second-order valence-corrected chi connectivity index (χ2v) is 6.18. The van der Waals surface area contributed by atoms with Crippen molar-refractivity contribution in [3.05, 3.63) is 108 Å². The lowest BCUT2D eigenvalue weighted by Crippen LogP contribution is -2.48. The number of ether oxygens (including phenoxy) is 2. The molecule has 0 N–H and O–H groups in total. The van der Waals surface area contributed by atoms with Crippen molar-refractivity contribution in [3.63, 3.8) is 0 Å². The second kappa shape index (κ2) is 8.77. The van der Waals surface area contributed by atoms with Gasteiger partial charge < -0.3 is 9.47 Å². The van der Waals surface area contributed by atoms with Gasteiger partial charge in [0, 0.05) is 32.9 Å². The fraction of sp³-hybridized carbons (Fsp3) is 0.217. The average molecular weight is 347 g/mol. The van der Waals surface area contributed by atoms with Crippen molar-refractivity contribution in [3.8, 4) is 0 Å². The fourth-order valence-corrected chi connectivity index (χ4v) is 3.28. The summed E-state index contributed by atoms with van der Waals surface area (Å²) in [6.45, 7) is 1.40. The van der Waals surface area contributed by atoms with E-state index in [1.807, 2.05) is 42.5 Å². The Morgan fingerprint density at radius 1 is 0.615 bits per heavy atom. The molecule has 0 saturated heterocycles. The number of hydrogen-bond acceptors (Lipinski definition) is 3. The highest BCUT2D eigenvalue weighted by atomic mass is 16.7. The minimum atomic E-state index is -0.965. The van der Waals surface area contributed by atoms with Crippen LogP contribution < -0.4 is 0 Å². The summed E-state index contributed by atoms with van der Waals surface area (Å²) in [5.41, 5.74) is 3.38. The standard InChI is InChI=1S/C23H25NO2/c1-25-23(26-2,22-16-10-5-11-17-22)24(18-20-12-6-3-7-13-20)19-21-14-8-4-9-15-21/h3-17H,18-19H2,1-2H3. The minimum absolute atomic E-state index is 0.701. The molecule has 0 aliphatic rings. The van der Waals surface area contributed by atoms with Crippen molar-refractivity contribution in [1.29, 1.82) is 0 Å². The normalized spacial score (nSPS) is 11.7. The molecule has 0 aliphatic carbocycles. The molecule has 0 heterocycles. The first-order valence-corrected chi connectivity index (χ1v) is 8.77. The Bertz CT molecular complexity index is 730. The van der Waals surface area contributed by atoms with Crippen molar-refractivity contribution in [2.75, 3.05) is 14.2 Å². The Balaban J connectivity index is 2.01. The lowest BCUT2D eigenvalue weighted by atomic mass is 10.1. The van der Waals surface area contributed by atoms with Crippen molar-refractivity contribution in [2.24, 2.45) is 0 Å². The first-order chi connectivity index (χ1) is 12.8. The van der Waals surface area contributed by atoms with Crippen molar-refractivity contribution in [2.45, 2.75) is 19.0 Å². The molecule has 134 valence electrons. The number of methoxy groups -OCH3 is 2. The average Bonchev–Trinajstić information content (AvgIpc) is 2.72. The van der Waals surface area contributed by atoms with Gasteiger partial charge in [0.1, 0.15) is 0 Å². The molecule has 0 radical (unpaired) electrons. The van der Waals surface area contributed by atoms with Gasteiger partial charge in [-0.05, 0) is 11.1 Å². The molecular formula is C23H25NO2. The van der Waals surface area contributed by atoms with Crippen LogP contribution >= 0.6 is 0 Å². The lowest BCUT2D eigenvalue weighted by Gasteiger charge is -2.41. The Morgan fingerprint density at radius 3 is 1.38 bits per heavy atom. The first-order valence-electron chi connectivity index (χ1n) is 8.77. The molecule has 0 aliphatic heterocycles. The van der Waals surface area contributed by atoms with E-state index in [1.165, 1.54) is 11.1 Å². The molecule has 0 spiro atoms. The van der Waals surface area contributed by atoms with E-state index in [2.05, 4.69) is 53.4 Å². The molecule has 3 rings (SSSR count). The van der Waals surface area contributed by atoms with Crippen LogP contribution in [0, 0.1) is 0 Å². The van der Waals surface area contributed by atoms with Gasteiger partial charge in [0.15, 0.2) is 0 Å². The van der Waals surface area contributed by atoms with Crippen LogP contribution in [0.3, 0.4) is 0 Å². The van der Waals surface area contributed by atoms with Crippen LogP contribution in [0.4, 0.5) is 0 Å². The maximum Gasteiger partial charge on any atom is 0.258 e. The molecule has 3 aromatic carbocycles. The zero-order valence-electron chi connectivity index (χ0n) is 15.3. The third-order valence-electron chi connectivity index (χ3n) is 4.54. The first kappa shape index (κ1) is 18.3. The minimum Gasteiger partial charge on any atom is -0.337 e. The number of nitrogens with zero attached hydrogens (tertiary/aromatic N) is 1. The van der Waals surface area contributed by atoms with E-state index in [4.69, 9.17) is 9.47 Å². The third kappa shape index (κ3) is 4.02. The summed E-state index contributed by atoms with van der Waals surface area (Å²) in [6, 6.07) is 30.9. The zero-order valence-corrected chi connectivity index (χ0v) is 15.3. The van der Waals surface area contributed by atoms with Crippen LogP contribution in [0.25, 0.3) is 0 Å². The monoisotopic (exact) mass is 347 g/mol. The highest BCUT2D eigenvalue weighted by molar-refractivity contribution is 5.23. The smallest absolute Gasteiger partial charge is 0.258 e. The molecule has 0 aromatic heterocycles. The molecular weight excluding hydrogens is 322 g/mol. The molecule has 3 heteroatoms. The highest BCUT2D eigenvalue weighted by Gasteiger charge is 2.39. The van der Waals surface area contributed by atoms with Gasteiger partial charge in [-0.2, -0.15) is 0 Å². The Labute approximate surface area is 155 Å². The van der Waals surface area contributed by atoms with Crippen LogP contribution in [0.1, 0.15) is 16.7 Å². The van der Waals surface area contributed by atoms with Gasteiger partial charge >= 0.3 is 0 Å². The largest absolute Gasteiger partial charge is 0.337 e. The maximum atomic E-state index is 5.98. The van der Waals surface area contributed by atoms with Crippen LogP contribution in [0.15, 0.2) is 91.0 Å². The SMILES string of the molecule is COC(OC)(c1ccccc1)N(Cc1ccccc1)Cc1ccccc1. The van der Waals surface area contributed by atoms with Gasteiger partial charge in [-0.15, -0.1) is 0 Å². The highest BCUT2D eigenvalue weighted by Crippen LogP contribution is 2.33. The summed E-state index contributed by atoms with van der Waals surface area (Å²) < 4.78 is 12.0. The van der Waals surface area contributed by atoms with Crippen molar-refractivity contribution in [1.82, 2.24) is 4.90 Å². The van der Waals surface area contributed by atoms with E-state index in [0.29, 0.717) is 13.1 Å². The van der Waals surface area contributed by atoms with Crippen LogP contribution in [-0.2, 0) is 28.5 Å². The molecule has 0 amide bonds. The Hall–Kier alpha value is -2.46. The fourth-order valence-electron chi connectivity index (χ4n) is 3.28. The summed E-state index contributed by atoms with van der Waals surface area (Å²) in [7, 11) is 3.39. The number of rotatable bonds is 8. The molecule has 3 nitrogen and oxygen atoms in total. The van der Waals surface area contributed by atoms with Crippen LogP contribution in [-0.4, -0.2) is 19.1 Å². The summed E-state index contributed by atoms with van der Waals surface area (Å²) in [5, 5.41) is 0. The van der Waals surface area contributed by atoms with E-state index in [1.54, 1.807) is 14.2 Å². The Kier molecular flexibility index (Phi) is 6.18. The van der Waals surface area contributed by atoms with Crippen molar-refractivity contribution < 1.29 is 9.47 Å². The van der Waals surface area contributed by atoms with E-state index in [9.17, 15) is 0 Å². The van der Waals surface area contributed by atoms with E-state index in [0.717, 1.165) is 5.56 Å². The van der Waals surface area contributed by atoms with E-state index < -0.39 is 5.91 Å². The quantitative estimate of drug-likeness (QED) is 0.547. The van der Waals surface area contributed by atoms with Gasteiger partial charge in [-0.3, -0.25) is 0 Å². The van der Waals surface area contributed by atoms with Crippen LogP contribution in [0.2, 0.25) is 0 Å². The summed E-state index contributed by atoms with van der Waals surface area (Å²) >= 11 is 0. The van der Waals surface area contributed by atoms with Crippen molar-refractivity contribution >= 4 is 0 Å². The molecule has 0 bridgehead atoms. The third-order valence-corrected chi connectivity index (χ3v) is 4.54. The molecule has 0 atom stereocenters. The molecule has 0 saturated carbocycles. The van der Waals surface area contributed by atoms with Gasteiger partial charge in [-0.1, -0.05) is 91.0 Å². The van der Waals surface area contributed by atoms with E-state index in [-0.39, 0.29) is 0 Å². The zero-order chi connectivity index (χ0) is 18.2. The molecule has 26 heavy (non-hydrogen) atoms. The Morgan fingerprint density at radius 2 is 1.00 bits per heavy atom. The van der Waals surface area contributed by atoms with E-state index >= 15 is 0 Å². The van der Waals surface area contributed by atoms with Gasteiger partial charge in [-0.25, -0.2) is 4.90 Å². The molecule has 3 aromatic rings. The molecule has 0 unspecified atom stereocenters. The number of hydrogen-bond donors (Lipinski definition) is 0. The maximum absolute atomic E-state index is 5.98. The summed E-state index contributed by atoms with van der Waals surface area (Å²) in [4.78, 5) is 2.22. The summed E-state index contributed by atoms with van der Waals surface area (Å²) in [5.74, 6) is -0.965. The predicted octanol–water partition coefficient (Wildman–Crippen LogP) is 4.79. The van der Waals surface area contributed by atoms with Gasteiger partial charge in [0.25, 0.3) is 5.91 Å². The van der Waals surface area contributed by atoms with Gasteiger partial charge in [0.2, 0.25) is 0 Å². The lowest BCUT2D eigenvalue weighted by molar-refractivity contribution is -0.313. The van der Waals surface area contributed by atoms with Crippen LogP contribution in [0.5, 0.6) is 0 Å². The van der Waals surface area contributed by atoms with Gasteiger partial charge in [0.05, 0.1) is 0 Å². The summed E-state index contributed by atoms with van der Waals surface area (Å²) in [6.07, 6.45) is 0. The number of benzene rings is 3. The molecule has 0 fully saturated rings. The second-order valence-electron chi connectivity index (χ2n) is 6.18.